The normalized spacial score (nSPS) is 30.3. The third-order valence-corrected chi connectivity index (χ3v) is 6.89. The molecule has 23 heavy (non-hydrogen) atoms. The fraction of sp³-hybridized carbons (Fsp3) is 0.632. The molecular weight excluding hydrogens is 304 g/mol. The van der Waals surface area contributed by atoms with Gasteiger partial charge in [0.1, 0.15) is 6.10 Å². The zero-order valence-corrected chi connectivity index (χ0v) is 15.5. The Balaban J connectivity index is 1.62. The van der Waals surface area contributed by atoms with Crippen molar-refractivity contribution in [3.63, 3.8) is 0 Å². The SMILES string of the molecule is C[Si](C)(C)C[C@@]12CCC[C@@H]1[C@H](COCc1ccccc1)OC2=O. The van der Waals surface area contributed by atoms with Crippen LogP contribution in [0.25, 0.3) is 0 Å². The highest BCUT2D eigenvalue weighted by Crippen LogP contribution is 2.55. The average molecular weight is 333 g/mol. The predicted octanol–water partition coefficient (Wildman–Crippen LogP) is 4.25. The van der Waals surface area contributed by atoms with E-state index in [0.717, 1.165) is 30.9 Å². The minimum absolute atomic E-state index is 0.0509. The molecule has 0 N–H and O–H groups in total. The van der Waals surface area contributed by atoms with Gasteiger partial charge in [-0.2, -0.15) is 0 Å². The number of ether oxygens (including phenoxy) is 2. The summed E-state index contributed by atoms with van der Waals surface area (Å²) < 4.78 is 11.6. The molecule has 4 heteroatoms. The van der Waals surface area contributed by atoms with Gasteiger partial charge in [-0.1, -0.05) is 56.4 Å². The topological polar surface area (TPSA) is 35.5 Å². The zero-order chi connectivity index (χ0) is 16.5. The highest BCUT2D eigenvalue weighted by Gasteiger charge is 2.60. The van der Waals surface area contributed by atoms with Crippen LogP contribution in [0.3, 0.4) is 0 Å². The van der Waals surface area contributed by atoms with E-state index in [4.69, 9.17) is 9.47 Å². The summed E-state index contributed by atoms with van der Waals surface area (Å²) in [7, 11) is -1.31. The Bertz CT molecular complexity index is 551. The second-order valence-electron chi connectivity index (χ2n) is 8.34. The molecule has 126 valence electrons. The van der Waals surface area contributed by atoms with E-state index in [9.17, 15) is 4.79 Å². The van der Waals surface area contributed by atoms with Gasteiger partial charge in [0, 0.05) is 14.0 Å². The summed E-state index contributed by atoms with van der Waals surface area (Å²) in [6.45, 7) is 8.16. The molecule has 1 aromatic rings. The molecule has 2 aliphatic rings. The molecule has 0 unspecified atom stereocenters. The molecule has 1 aliphatic heterocycles. The second-order valence-corrected chi connectivity index (χ2v) is 13.8. The Hall–Kier alpha value is -1.13. The molecular formula is C19H28O3Si. The maximum atomic E-state index is 12.6. The van der Waals surface area contributed by atoms with Gasteiger partial charge in [-0.3, -0.25) is 4.79 Å². The van der Waals surface area contributed by atoms with Gasteiger partial charge in [0.25, 0.3) is 0 Å². The molecule has 1 saturated carbocycles. The van der Waals surface area contributed by atoms with Gasteiger partial charge in [-0.25, -0.2) is 0 Å². The summed E-state index contributed by atoms with van der Waals surface area (Å²) >= 11 is 0. The van der Waals surface area contributed by atoms with Crippen molar-refractivity contribution >= 4 is 14.0 Å². The zero-order valence-electron chi connectivity index (χ0n) is 14.5. The second kappa shape index (κ2) is 6.40. The van der Waals surface area contributed by atoms with E-state index in [1.807, 2.05) is 18.2 Å². The van der Waals surface area contributed by atoms with E-state index in [0.29, 0.717) is 19.1 Å². The van der Waals surface area contributed by atoms with Crippen molar-refractivity contribution in [1.29, 1.82) is 0 Å². The number of cyclic esters (lactones) is 1. The molecule has 1 saturated heterocycles. The number of hydrogen-bond acceptors (Lipinski definition) is 3. The summed E-state index contributed by atoms with van der Waals surface area (Å²) in [5.74, 6) is 0.410. The monoisotopic (exact) mass is 332 g/mol. The van der Waals surface area contributed by atoms with Gasteiger partial charge in [0.05, 0.1) is 18.6 Å². The molecule has 1 heterocycles. The van der Waals surface area contributed by atoms with Gasteiger partial charge in [0.15, 0.2) is 0 Å². The fourth-order valence-corrected chi connectivity index (χ4v) is 6.96. The molecule has 2 fully saturated rings. The number of esters is 1. The van der Waals surface area contributed by atoms with Gasteiger partial charge in [-0.05, 0) is 24.4 Å². The lowest BCUT2D eigenvalue weighted by Gasteiger charge is -2.31. The molecule has 3 rings (SSSR count). The van der Waals surface area contributed by atoms with E-state index >= 15 is 0 Å². The van der Waals surface area contributed by atoms with Gasteiger partial charge < -0.3 is 9.47 Å². The van der Waals surface area contributed by atoms with Crippen LogP contribution in [0, 0.1) is 11.3 Å². The number of carbonyl (C=O) groups is 1. The molecule has 0 spiro atoms. The minimum atomic E-state index is -1.31. The Labute approximate surface area is 140 Å². The molecule has 3 nitrogen and oxygen atoms in total. The summed E-state index contributed by atoms with van der Waals surface area (Å²) in [5.41, 5.74) is 0.960. The predicted molar refractivity (Wildman–Crippen MR) is 93.9 cm³/mol. The molecule has 3 atom stereocenters. The van der Waals surface area contributed by atoms with E-state index in [2.05, 4.69) is 31.8 Å². The fourth-order valence-electron chi connectivity index (χ4n) is 4.49. The number of fused-ring (bicyclic) bond motifs is 1. The van der Waals surface area contributed by atoms with Crippen LogP contribution in [0.2, 0.25) is 25.7 Å². The first-order valence-corrected chi connectivity index (χ1v) is 12.4. The van der Waals surface area contributed by atoms with Crippen LogP contribution in [0.1, 0.15) is 24.8 Å². The molecule has 0 radical (unpaired) electrons. The number of rotatable bonds is 6. The maximum Gasteiger partial charge on any atom is 0.312 e. The van der Waals surface area contributed by atoms with Crippen molar-refractivity contribution in [1.82, 2.24) is 0 Å². The first kappa shape index (κ1) is 16.7. The summed E-state index contributed by atoms with van der Waals surface area (Å²) in [4.78, 5) is 12.6. The number of benzene rings is 1. The smallest absolute Gasteiger partial charge is 0.312 e. The lowest BCUT2D eigenvalue weighted by molar-refractivity contribution is -0.150. The summed E-state index contributed by atoms with van der Waals surface area (Å²) in [6.07, 6.45) is 3.22. The quantitative estimate of drug-likeness (QED) is 0.577. The molecule has 1 aliphatic carbocycles. The maximum absolute atomic E-state index is 12.6. The van der Waals surface area contributed by atoms with Crippen LogP contribution >= 0.6 is 0 Å². The molecule has 0 bridgehead atoms. The van der Waals surface area contributed by atoms with Crippen LogP contribution in [0.15, 0.2) is 30.3 Å². The lowest BCUT2D eigenvalue weighted by Crippen LogP contribution is -2.38. The Kier molecular flexibility index (Phi) is 4.65. The van der Waals surface area contributed by atoms with Crippen LogP contribution < -0.4 is 0 Å². The third-order valence-electron chi connectivity index (χ3n) is 5.20. The van der Waals surface area contributed by atoms with Crippen LogP contribution in [-0.2, 0) is 20.9 Å². The standard InChI is InChI=1S/C19H28O3Si/c1-23(2,3)14-19-11-7-10-16(19)17(22-18(19)20)13-21-12-15-8-5-4-6-9-15/h4-6,8-9,16-17H,7,10-14H2,1-3H3/t16-,17+,19+/m1/s1. The van der Waals surface area contributed by atoms with Crippen LogP contribution in [0.5, 0.6) is 0 Å². The Morgan fingerprint density at radius 3 is 2.70 bits per heavy atom. The van der Waals surface area contributed by atoms with Crippen molar-refractivity contribution in [2.24, 2.45) is 11.3 Å². The highest BCUT2D eigenvalue weighted by atomic mass is 28.3. The van der Waals surface area contributed by atoms with Crippen LogP contribution in [-0.4, -0.2) is 26.8 Å². The summed E-state index contributed by atoms with van der Waals surface area (Å²) in [5, 5.41) is 0. The van der Waals surface area contributed by atoms with Crippen LogP contribution in [0.4, 0.5) is 0 Å². The Morgan fingerprint density at radius 1 is 1.26 bits per heavy atom. The summed E-state index contributed by atoms with van der Waals surface area (Å²) in [6, 6.07) is 11.2. The minimum Gasteiger partial charge on any atom is -0.459 e. The number of carbonyl (C=O) groups excluding carboxylic acids is 1. The first-order valence-electron chi connectivity index (χ1n) is 8.73. The van der Waals surface area contributed by atoms with E-state index < -0.39 is 8.07 Å². The third kappa shape index (κ3) is 3.53. The first-order chi connectivity index (χ1) is 10.9. The van der Waals surface area contributed by atoms with Crippen molar-refractivity contribution in [3.05, 3.63) is 35.9 Å². The van der Waals surface area contributed by atoms with E-state index in [-0.39, 0.29) is 17.5 Å². The van der Waals surface area contributed by atoms with E-state index in [1.165, 1.54) is 0 Å². The molecule has 0 amide bonds. The van der Waals surface area contributed by atoms with Gasteiger partial charge >= 0.3 is 5.97 Å². The highest BCUT2D eigenvalue weighted by molar-refractivity contribution is 6.76. The number of hydrogen-bond donors (Lipinski definition) is 0. The van der Waals surface area contributed by atoms with Crippen molar-refractivity contribution < 1.29 is 14.3 Å². The molecule has 1 aromatic carbocycles. The lowest BCUT2D eigenvalue weighted by atomic mass is 9.79. The van der Waals surface area contributed by atoms with Crippen molar-refractivity contribution in [2.75, 3.05) is 6.61 Å². The average Bonchev–Trinajstić information content (AvgIpc) is 2.99. The molecule has 0 aromatic heterocycles. The largest absolute Gasteiger partial charge is 0.459 e. The van der Waals surface area contributed by atoms with Crippen molar-refractivity contribution in [2.45, 2.75) is 57.7 Å². The van der Waals surface area contributed by atoms with Gasteiger partial charge in [-0.15, -0.1) is 0 Å². The van der Waals surface area contributed by atoms with E-state index in [1.54, 1.807) is 0 Å². The Morgan fingerprint density at radius 2 is 2.00 bits per heavy atom. The van der Waals surface area contributed by atoms with Crippen molar-refractivity contribution in [3.8, 4) is 0 Å². The van der Waals surface area contributed by atoms with Gasteiger partial charge in [0.2, 0.25) is 0 Å².